The van der Waals surface area contributed by atoms with Crippen molar-refractivity contribution in [2.24, 2.45) is 5.10 Å². The molecule has 0 radical (unpaired) electrons. The second-order valence-corrected chi connectivity index (χ2v) is 7.78. The third-order valence-electron chi connectivity index (χ3n) is 4.41. The number of aromatic nitrogens is 1. The molecule has 0 spiro atoms. The summed E-state index contributed by atoms with van der Waals surface area (Å²) in [5.74, 6) is -0.370. The molecule has 1 aromatic heterocycles. The van der Waals surface area contributed by atoms with Crippen LogP contribution < -0.4 is 5.43 Å². The smallest absolute Gasteiger partial charge is 0.267 e. The Morgan fingerprint density at radius 1 is 0.833 bits per heavy atom. The topological polar surface area (TPSA) is 54.4 Å². The second-order valence-electron chi connectivity index (χ2n) is 6.47. The van der Waals surface area contributed by atoms with E-state index >= 15 is 0 Å². The van der Waals surface area contributed by atoms with Gasteiger partial charge in [-0.05, 0) is 54.1 Å². The van der Waals surface area contributed by atoms with Gasteiger partial charge in [0.25, 0.3) is 5.91 Å². The van der Waals surface area contributed by atoms with Crippen LogP contribution in [0.3, 0.4) is 0 Å². The number of fused-ring (bicyclic) bond motifs is 1. The van der Waals surface area contributed by atoms with E-state index in [4.69, 9.17) is 34.8 Å². The zero-order chi connectivity index (χ0) is 21.1. The first-order valence-electron chi connectivity index (χ1n) is 8.95. The van der Waals surface area contributed by atoms with E-state index in [0.29, 0.717) is 37.2 Å². The highest BCUT2D eigenvalue weighted by atomic mass is 35.5. The molecule has 3 aromatic carbocycles. The molecule has 0 aliphatic carbocycles. The molecule has 148 valence electrons. The Balaban J connectivity index is 1.70. The fraction of sp³-hybridized carbons (Fsp3) is 0. The second kappa shape index (κ2) is 8.84. The van der Waals surface area contributed by atoms with Gasteiger partial charge in [-0.1, -0.05) is 59.1 Å². The van der Waals surface area contributed by atoms with Gasteiger partial charge < -0.3 is 0 Å². The molecule has 1 N–H and O–H groups in total. The van der Waals surface area contributed by atoms with Gasteiger partial charge in [-0.15, -0.1) is 0 Å². The number of carbonyl (C=O) groups is 1. The Bertz CT molecular complexity index is 1250. The van der Waals surface area contributed by atoms with Crippen LogP contribution in [0.5, 0.6) is 0 Å². The minimum atomic E-state index is -0.370. The number of hydrogen-bond donors (Lipinski definition) is 1. The summed E-state index contributed by atoms with van der Waals surface area (Å²) in [7, 11) is 0. The first kappa shape index (κ1) is 20.4. The molecule has 0 unspecified atom stereocenters. The van der Waals surface area contributed by atoms with Crippen LogP contribution in [0.15, 0.2) is 77.9 Å². The molecule has 4 nitrogen and oxygen atoms in total. The maximum atomic E-state index is 12.9. The summed E-state index contributed by atoms with van der Waals surface area (Å²) in [6, 6.07) is 21.3. The van der Waals surface area contributed by atoms with Gasteiger partial charge in [-0.2, -0.15) is 5.10 Å². The minimum Gasteiger partial charge on any atom is -0.267 e. The zero-order valence-corrected chi connectivity index (χ0v) is 17.7. The van der Waals surface area contributed by atoms with E-state index in [-0.39, 0.29) is 5.91 Å². The Hall–Kier alpha value is -2.92. The summed E-state index contributed by atoms with van der Waals surface area (Å²) >= 11 is 18.0. The molecule has 0 saturated carbocycles. The van der Waals surface area contributed by atoms with Crippen LogP contribution in [0.4, 0.5) is 0 Å². The van der Waals surface area contributed by atoms with Gasteiger partial charge >= 0.3 is 0 Å². The van der Waals surface area contributed by atoms with Gasteiger partial charge in [0.1, 0.15) is 0 Å². The van der Waals surface area contributed by atoms with E-state index < -0.39 is 0 Å². The zero-order valence-electron chi connectivity index (χ0n) is 15.4. The monoisotopic (exact) mass is 453 g/mol. The fourth-order valence-corrected chi connectivity index (χ4v) is 3.35. The van der Waals surface area contributed by atoms with Crippen molar-refractivity contribution in [3.05, 3.63) is 99.0 Å². The third kappa shape index (κ3) is 4.62. The van der Waals surface area contributed by atoms with Crippen molar-refractivity contribution >= 4 is 57.8 Å². The molecule has 0 aliphatic heterocycles. The van der Waals surface area contributed by atoms with Crippen molar-refractivity contribution in [3.63, 3.8) is 0 Å². The summed E-state index contributed by atoms with van der Waals surface area (Å²) in [6.45, 7) is 0. The number of rotatable bonds is 4. The molecular weight excluding hydrogens is 441 g/mol. The van der Waals surface area contributed by atoms with Crippen molar-refractivity contribution in [1.29, 1.82) is 0 Å². The number of hydrogen-bond acceptors (Lipinski definition) is 3. The van der Waals surface area contributed by atoms with Gasteiger partial charge in [0, 0.05) is 26.0 Å². The highest BCUT2D eigenvalue weighted by Gasteiger charge is 2.14. The van der Waals surface area contributed by atoms with Crippen molar-refractivity contribution in [2.75, 3.05) is 0 Å². The van der Waals surface area contributed by atoms with E-state index in [9.17, 15) is 4.79 Å². The van der Waals surface area contributed by atoms with Gasteiger partial charge in [-0.3, -0.25) is 4.79 Å². The van der Waals surface area contributed by atoms with Gasteiger partial charge in [0.15, 0.2) is 0 Å². The predicted octanol–water partition coefficient (Wildman–Crippen LogP) is 6.63. The number of hydrazone groups is 1. The molecule has 7 heteroatoms. The standard InChI is InChI=1S/C23H14Cl3N3O/c24-16-5-1-14(2-6-16)13-27-29-23(30)20-12-22(15-3-7-17(25)8-4-15)28-21-10-9-18(26)11-19(20)21/h1-13H,(H,29,30)/b27-13+. The Morgan fingerprint density at radius 3 is 2.17 bits per heavy atom. The normalized spacial score (nSPS) is 11.2. The molecule has 4 aromatic rings. The first-order valence-corrected chi connectivity index (χ1v) is 10.1. The Morgan fingerprint density at radius 2 is 1.47 bits per heavy atom. The Labute approximate surface area is 188 Å². The van der Waals surface area contributed by atoms with Gasteiger partial charge in [0.2, 0.25) is 0 Å². The summed E-state index contributed by atoms with van der Waals surface area (Å²) < 4.78 is 0. The lowest BCUT2D eigenvalue weighted by Crippen LogP contribution is -2.18. The van der Waals surface area contributed by atoms with Gasteiger partial charge in [-0.25, -0.2) is 10.4 Å². The lowest BCUT2D eigenvalue weighted by molar-refractivity contribution is 0.0957. The van der Waals surface area contributed by atoms with Crippen molar-refractivity contribution in [1.82, 2.24) is 10.4 Å². The number of nitrogens with zero attached hydrogens (tertiary/aromatic N) is 2. The van der Waals surface area contributed by atoms with Crippen molar-refractivity contribution in [3.8, 4) is 11.3 Å². The maximum absolute atomic E-state index is 12.9. The average Bonchev–Trinajstić information content (AvgIpc) is 2.75. The number of halogens is 3. The van der Waals surface area contributed by atoms with Crippen LogP contribution in [-0.4, -0.2) is 17.1 Å². The molecule has 1 amide bonds. The number of nitrogens with one attached hydrogen (secondary N) is 1. The summed E-state index contributed by atoms with van der Waals surface area (Å²) in [4.78, 5) is 17.6. The van der Waals surface area contributed by atoms with E-state index in [1.54, 1.807) is 66.9 Å². The molecule has 0 saturated heterocycles. The molecule has 4 rings (SSSR count). The van der Waals surface area contributed by atoms with Crippen LogP contribution in [0.25, 0.3) is 22.2 Å². The minimum absolute atomic E-state index is 0.370. The predicted molar refractivity (Wildman–Crippen MR) is 124 cm³/mol. The van der Waals surface area contributed by atoms with Crippen LogP contribution in [0.1, 0.15) is 15.9 Å². The van der Waals surface area contributed by atoms with Crippen molar-refractivity contribution in [2.45, 2.75) is 0 Å². The van der Waals surface area contributed by atoms with Crippen LogP contribution in [0, 0.1) is 0 Å². The maximum Gasteiger partial charge on any atom is 0.272 e. The molecule has 0 bridgehead atoms. The lowest BCUT2D eigenvalue weighted by Gasteiger charge is -2.09. The fourth-order valence-electron chi connectivity index (χ4n) is 2.93. The molecule has 0 fully saturated rings. The van der Waals surface area contributed by atoms with Crippen LogP contribution in [-0.2, 0) is 0 Å². The van der Waals surface area contributed by atoms with Crippen LogP contribution >= 0.6 is 34.8 Å². The van der Waals surface area contributed by atoms with Crippen LogP contribution in [0.2, 0.25) is 15.1 Å². The largest absolute Gasteiger partial charge is 0.272 e. The first-order chi connectivity index (χ1) is 14.5. The highest BCUT2D eigenvalue weighted by molar-refractivity contribution is 6.31. The summed E-state index contributed by atoms with van der Waals surface area (Å²) in [5.41, 5.74) is 5.93. The molecule has 30 heavy (non-hydrogen) atoms. The quantitative estimate of drug-likeness (QED) is 0.278. The number of carbonyl (C=O) groups excluding carboxylic acids is 1. The van der Waals surface area contributed by atoms with E-state index in [1.165, 1.54) is 0 Å². The summed E-state index contributed by atoms with van der Waals surface area (Å²) in [5, 5.41) is 6.46. The molecule has 1 heterocycles. The van der Waals surface area contributed by atoms with E-state index in [0.717, 1.165) is 11.1 Å². The van der Waals surface area contributed by atoms with Crippen molar-refractivity contribution < 1.29 is 4.79 Å². The lowest BCUT2D eigenvalue weighted by atomic mass is 10.0. The average molecular weight is 455 g/mol. The number of pyridine rings is 1. The molecule has 0 atom stereocenters. The Kier molecular flexibility index (Phi) is 6.00. The number of benzene rings is 3. The highest BCUT2D eigenvalue weighted by Crippen LogP contribution is 2.27. The molecular formula is C23H14Cl3N3O. The van der Waals surface area contributed by atoms with E-state index in [1.807, 2.05) is 12.1 Å². The summed E-state index contributed by atoms with van der Waals surface area (Å²) in [6.07, 6.45) is 1.55. The van der Waals surface area contributed by atoms with E-state index in [2.05, 4.69) is 15.5 Å². The number of amides is 1. The third-order valence-corrected chi connectivity index (χ3v) is 5.14. The van der Waals surface area contributed by atoms with Gasteiger partial charge in [0.05, 0.1) is 23.0 Å². The SMILES string of the molecule is O=C(N/N=C/c1ccc(Cl)cc1)c1cc(-c2ccc(Cl)cc2)nc2ccc(Cl)cc12. The molecule has 0 aliphatic rings.